The van der Waals surface area contributed by atoms with Crippen molar-refractivity contribution in [3.8, 4) is 0 Å². The predicted octanol–water partition coefficient (Wildman–Crippen LogP) is 2.56. The summed E-state index contributed by atoms with van der Waals surface area (Å²) < 4.78 is 0. The van der Waals surface area contributed by atoms with Gasteiger partial charge < -0.3 is 0 Å². The van der Waals surface area contributed by atoms with E-state index < -0.39 is 0 Å². The topological polar surface area (TPSA) is 25.8 Å². The van der Waals surface area contributed by atoms with E-state index in [0.717, 1.165) is 5.82 Å². The van der Waals surface area contributed by atoms with E-state index in [2.05, 4.69) is 11.2 Å². The second-order valence-electron chi connectivity index (χ2n) is 4.14. The highest BCUT2D eigenvalue weighted by Gasteiger charge is 2.29. The summed E-state index contributed by atoms with van der Waals surface area (Å²) in [7, 11) is 0. The van der Waals surface area contributed by atoms with Gasteiger partial charge in [0.25, 0.3) is 0 Å². The fourth-order valence-corrected chi connectivity index (χ4v) is 2.76. The van der Waals surface area contributed by atoms with Gasteiger partial charge >= 0.3 is 0 Å². The van der Waals surface area contributed by atoms with Gasteiger partial charge in [0.15, 0.2) is 0 Å². The third-order valence-corrected chi connectivity index (χ3v) is 3.77. The number of hydrogen-bond acceptors (Lipinski definition) is 3. The van der Waals surface area contributed by atoms with Crippen molar-refractivity contribution in [2.24, 2.45) is 0 Å². The second kappa shape index (κ2) is 3.23. The zero-order chi connectivity index (χ0) is 9.54. The van der Waals surface area contributed by atoms with Crippen molar-refractivity contribution >= 4 is 11.8 Å². The summed E-state index contributed by atoms with van der Waals surface area (Å²) in [5, 5.41) is 1.24. The van der Waals surface area contributed by atoms with Crippen LogP contribution in [0.15, 0.2) is 5.03 Å². The van der Waals surface area contributed by atoms with Crippen molar-refractivity contribution in [2.45, 2.75) is 43.0 Å². The molecular weight excluding hydrogens is 192 g/mol. The molecule has 1 heterocycles. The monoisotopic (exact) mass is 206 g/mol. The summed E-state index contributed by atoms with van der Waals surface area (Å²) in [5.74, 6) is 1.81. The lowest BCUT2D eigenvalue weighted by molar-refractivity contribution is 0.840. The molecule has 0 N–H and O–H groups in total. The van der Waals surface area contributed by atoms with Gasteiger partial charge in [-0.25, -0.2) is 9.97 Å². The summed E-state index contributed by atoms with van der Waals surface area (Å²) in [6, 6.07) is 0. The molecule has 0 bridgehead atoms. The minimum absolute atomic E-state index is 0.687. The Balaban J connectivity index is 2.08. The van der Waals surface area contributed by atoms with E-state index in [4.69, 9.17) is 4.98 Å². The van der Waals surface area contributed by atoms with Gasteiger partial charge in [-0.1, -0.05) is 0 Å². The van der Waals surface area contributed by atoms with Gasteiger partial charge in [0, 0.05) is 17.2 Å². The lowest BCUT2D eigenvalue weighted by atomic mass is 10.2. The van der Waals surface area contributed by atoms with Crippen molar-refractivity contribution < 1.29 is 0 Å². The highest BCUT2D eigenvalue weighted by molar-refractivity contribution is 7.98. The minimum Gasteiger partial charge on any atom is -0.237 e. The van der Waals surface area contributed by atoms with Crippen LogP contribution in [-0.2, 0) is 12.8 Å². The Morgan fingerprint density at radius 3 is 2.79 bits per heavy atom. The van der Waals surface area contributed by atoms with Crippen LogP contribution in [0.4, 0.5) is 0 Å². The molecule has 1 aromatic rings. The third kappa shape index (κ3) is 1.34. The molecule has 2 nitrogen and oxygen atoms in total. The zero-order valence-electron chi connectivity index (χ0n) is 8.42. The standard InChI is InChI=1S/C11H14N2S/c1-14-11-8-3-2-4-9(8)12-10(13-11)7-5-6-7/h7H,2-6H2,1H3. The van der Waals surface area contributed by atoms with Crippen LogP contribution < -0.4 is 0 Å². The fraction of sp³-hybridized carbons (Fsp3) is 0.636. The van der Waals surface area contributed by atoms with Gasteiger partial charge in [-0.3, -0.25) is 0 Å². The molecular formula is C11H14N2S. The smallest absolute Gasteiger partial charge is 0.132 e. The molecule has 2 aliphatic rings. The molecule has 0 aliphatic heterocycles. The van der Waals surface area contributed by atoms with Gasteiger partial charge in [0.1, 0.15) is 10.9 Å². The molecule has 0 atom stereocenters. The Bertz CT molecular complexity index is 372. The van der Waals surface area contributed by atoms with Crippen LogP contribution in [0.25, 0.3) is 0 Å². The number of aryl methyl sites for hydroxylation is 1. The summed E-state index contributed by atoms with van der Waals surface area (Å²) in [5.41, 5.74) is 2.77. The lowest BCUT2D eigenvalue weighted by Crippen LogP contribution is -2.01. The summed E-state index contributed by atoms with van der Waals surface area (Å²) in [6.45, 7) is 0. The summed E-state index contributed by atoms with van der Waals surface area (Å²) in [4.78, 5) is 9.38. The van der Waals surface area contributed by atoms with Gasteiger partial charge in [0.2, 0.25) is 0 Å². The Hall–Kier alpha value is -0.570. The predicted molar refractivity (Wildman–Crippen MR) is 57.8 cm³/mol. The molecule has 2 aliphatic carbocycles. The van der Waals surface area contributed by atoms with Crippen molar-refractivity contribution in [1.29, 1.82) is 0 Å². The van der Waals surface area contributed by atoms with Crippen molar-refractivity contribution in [2.75, 3.05) is 6.26 Å². The van der Waals surface area contributed by atoms with Crippen molar-refractivity contribution in [3.05, 3.63) is 17.1 Å². The van der Waals surface area contributed by atoms with E-state index in [-0.39, 0.29) is 0 Å². The molecule has 0 spiro atoms. The van der Waals surface area contributed by atoms with Crippen LogP contribution in [0.3, 0.4) is 0 Å². The number of rotatable bonds is 2. The quantitative estimate of drug-likeness (QED) is 0.549. The maximum absolute atomic E-state index is 4.70. The SMILES string of the molecule is CSc1nc(C2CC2)nc2c1CCC2. The van der Waals surface area contributed by atoms with Gasteiger partial charge in [-0.15, -0.1) is 11.8 Å². The van der Waals surface area contributed by atoms with Crippen LogP contribution in [0.5, 0.6) is 0 Å². The van der Waals surface area contributed by atoms with E-state index >= 15 is 0 Å². The lowest BCUT2D eigenvalue weighted by Gasteiger charge is -2.06. The van der Waals surface area contributed by atoms with Gasteiger partial charge in [-0.05, 0) is 38.4 Å². The first-order chi connectivity index (χ1) is 6.88. The first-order valence-corrected chi connectivity index (χ1v) is 6.54. The third-order valence-electron chi connectivity index (χ3n) is 3.05. The largest absolute Gasteiger partial charge is 0.237 e. The Morgan fingerprint density at radius 1 is 1.21 bits per heavy atom. The highest BCUT2D eigenvalue weighted by Crippen LogP contribution is 2.40. The van der Waals surface area contributed by atoms with Crippen molar-refractivity contribution in [3.63, 3.8) is 0 Å². The molecule has 1 saturated carbocycles. The number of fused-ring (bicyclic) bond motifs is 1. The maximum Gasteiger partial charge on any atom is 0.132 e. The average molecular weight is 206 g/mol. The minimum atomic E-state index is 0.687. The fourth-order valence-electron chi connectivity index (χ4n) is 2.11. The molecule has 0 amide bonds. The van der Waals surface area contributed by atoms with E-state index in [1.54, 1.807) is 11.8 Å². The van der Waals surface area contributed by atoms with Gasteiger partial charge in [0.05, 0.1) is 0 Å². The van der Waals surface area contributed by atoms with E-state index in [0.29, 0.717) is 5.92 Å². The highest BCUT2D eigenvalue weighted by atomic mass is 32.2. The first-order valence-electron chi connectivity index (χ1n) is 5.32. The van der Waals surface area contributed by atoms with Crippen LogP contribution in [0.1, 0.15) is 42.3 Å². The molecule has 0 saturated heterocycles. The van der Waals surface area contributed by atoms with Gasteiger partial charge in [-0.2, -0.15) is 0 Å². The molecule has 0 aromatic carbocycles. The molecule has 1 aromatic heterocycles. The molecule has 3 rings (SSSR count). The van der Waals surface area contributed by atoms with Crippen LogP contribution in [0, 0.1) is 0 Å². The van der Waals surface area contributed by atoms with Crippen LogP contribution >= 0.6 is 11.8 Å². The molecule has 3 heteroatoms. The first kappa shape index (κ1) is 8.72. The van der Waals surface area contributed by atoms with E-state index in [1.165, 1.54) is 48.4 Å². The normalized spacial score (nSPS) is 19.8. The summed E-state index contributed by atoms with van der Waals surface area (Å²) >= 11 is 1.78. The Kier molecular flexibility index (Phi) is 2.01. The van der Waals surface area contributed by atoms with Crippen LogP contribution in [0.2, 0.25) is 0 Å². The second-order valence-corrected chi connectivity index (χ2v) is 4.94. The zero-order valence-corrected chi connectivity index (χ0v) is 9.23. The maximum atomic E-state index is 4.70. The van der Waals surface area contributed by atoms with E-state index in [9.17, 15) is 0 Å². The molecule has 1 fully saturated rings. The molecule has 0 radical (unpaired) electrons. The van der Waals surface area contributed by atoms with Crippen molar-refractivity contribution in [1.82, 2.24) is 9.97 Å². The number of thioether (sulfide) groups is 1. The molecule has 74 valence electrons. The number of nitrogens with zero attached hydrogens (tertiary/aromatic N) is 2. The Labute approximate surface area is 88.5 Å². The van der Waals surface area contributed by atoms with E-state index in [1.807, 2.05) is 0 Å². The average Bonchev–Trinajstić information content (AvgIpc) is 2.95. The molecule has 0 unspecified atom stereocenters. The number of aromatic nitrogens is 2. The number of hydrogen-bond donors (Lipinski definition) is 0. The van der Waals surface area contributed by atoms with Crippen LogP contribution in [-0.4, -0.2) is 16.2 Å². The summed E-state index contributed by atoms with van der Waals surface area (Å²) in [6.07, 6.45) is 8.35. The molecule has 14 heavy (non-hydrogen) atoms. The Morgan fingerprint density at radius 2 is 2.07 bits per heavy atom.